The van der Waals surface area contributed by atoms with Gasteiger partial charge in [0.1, 0.15) is 0 Å². The molecule has 1 aliphatic heterocycles. The van der Waals surface area contributed by atoms with Crippen molar-refractivity contribution in [2.75, 3.05) is 13.6 Å². The molecule has 0 aromatic rings. The molecule has 1 aliphatic rings. The van der Waals surface area contributed by atoms with Crippen LogP contribution in [0.1, 0.15) is 12.8 Å². The predicted molar refractivity (Wildman–Crippen MR) is 26.9 cm³/mol. The third-order valence-corrected chi connectivity index (χ3v) is 1.31. The van der Waals surface area contributed by atoms with Crippen LogP contribution in [0.2, 0.25) is 0 Å². The van der Waals surface area contributed by atoms with E-state index in [4.69, 9.17) is 0 Å². The summed E-state index contributed by atoms with van der Waals surface area (Å²) in [5, 5.41) is 0. The molecule has 3 heteroatoms. The summed E-state index contributed by atoms with van der Waals surface area (Å²) in [6.07, 6.45) is 1.81. The average molecular weight is 206 g/mol. The average Bonchev–Trinajstić information content (AvgIpc) is 1.91. The van der Waals surface area contributed by atoms with Crippen LogP contribution in [0.25, 0.3) is 0 Å². The molecule has 1 heterocycles. The van der Waals surface area contributed by atoms with Crippen molar-refractivity contribution in [1.82, 2.24) is 4.90 Å². The van der Waals surface area contributed by atoms with Gasteiger partial charge in [-0.1, -0.05) is 0 Å². The van der Waals surface area contributed by atoms with Crippen molar-refractivity contribution in [3.05, 3.63) is 0 Å². The van der Waals surface area contributed by atoms with Crippen LogP contribution in [0, 0.1) is 0 Å². The summed E-state index contributed by atoms with van der Waals surface area (Å²) in [7, 11) is 1.84. The molecule has 0 aliphatic carbocycles. The van der Waals surface area contributed by atoms with E-state index in [0.29, 0.717) is 5.91 Å². The quantitative estimate of drug-likeness (QED) is 0.519. The summed E-state index contributed by atoms with van der Waals surface area (Å²) >= 11 is 0. The SMILES string of the molecule is CN1CCCC1=O.[Pd]. The van der Waals surface area contributed by atoms with Crippen LogP contribution in [0.15, 0.2) is 0 Å². The largest absolute Gasteiger partial charge is 0.346 e. The maximum Gasteiger partial charge on any atom is 0.222 e. The van der Waals surface area contributed by atoms with Gasteiger partial charge in [-0.2, -0.15) is 0 Å². The van der Waals surface area contributed by atoms with E-state index in [-0.39, 0.29) is 20.4 Å². The fraction of sp³-hybridized carbons (Fsp3) is 0.800. The Morgan fingerprint density at radius 2 is 2.25 bits per heavy atom. The standard InChI is InChI=1S/C5H9NO.Pd/c1-6-4-2-3-5(6)7;/h2-4H2,1H3;. The van der Waals surface area contributed by atoms with Crippen molar-refractivity contribution < 1.29 is 25.2 Å². The van der Waals surface area contributed by atoms with E-state index in [0.717, 1.165) is 19.4 Å². The monoisotopic (exact) mass is 205 g/mol. The van der Waals surface area contributed by atoms with Crippen molar-refractivity contribution in [2.45, 2.75) is 12.8 Å². The Hall–Kier alpha value is 0.132. The molecule has 1 fully saturated rings. The molecule has 0 aromatic carbocycles. The van der Waals surface area contributed by atoms with Crippen molar-refractivity contribution in [3.8, 4) is 0 Å². The first kappa shape index (κ1) is 8.13. The Labute approximate surface area is 62.9 Å². The summed E-state index contributed by atoms with van der Waals surface area (Å²) in [5.74, 6) is 0.292. The topological polar surface area (TPSA) is 20.3 Å². The van der Waals surface area contributed by atoms with Crippen molar-refractivity contribution >= 4 is 5.91 Å². The van der Waals surface area contributed by atoms with Gasteiger partial charge in [0.05, 0.1) is 0 Å². The number of rotatable bonds is 0. The van der Waals surface area contributed by atoms with Gasteiger partial charge in [0.25, 0.3) is 0 Å². The molecule has 8 heavy (non-hydrogen) atoms. The van der Waals surface area contributed by atoms with Gasteiger partial charge in [0, 0.05) is 40.4 Å². The number of hydrogen-bond acceptors (Lipinski definition) is 1. The minimum atomic E-state index is 0. The van der Waals surface area contributed by atoms with Gasteiger partial charge in [-0.3, -0.25) is 4.79 Å². The zero-order valence-electron chi connectivity index (χ0n) is 4.79. The third kappa shape index (κ3) is 1.57. The number of amides is 1. The van der Waals surface area contributed by atoms with Gasteiger partial charge in [0.15, 0.2) is 0 Å². The van der Waals surface area contributed by atoms with Gasteiger partial charge in [-0.05, 0) is 6.42 Å². The molecular formula is C5H9NOPd. The van der Waals surface area contributed by atoms with Crippen LogP contribution >= 0.6 is 0 Å². The molecule has 1 rings (SSSR count). The Kier molecular flexibility index (Phi) is 3.27. The Morgan fingerprint density at radius 1 is 1.62 bits per heavy atom. The van der Waals surface area contributed by atoms with Crippen molar-refractivity contribution in [2.24, 2.45) is 0 Å². The van der Waals surface area contributed by atoms with Crippen LogP contribution in [0.3, 0.4) is 0 Å². The van der Waals surface area contributed by atoms with E-state index in [2.05, 4.69) is 0 Å². The fourth-order valence-corrected chi connectivity index (χ4v) is 0.783. The van der Waals surface area contributed by atoms with Gasteiger partial charge < -0.3 is 4.90 Å². The summed E-state index contributed by atoms with van der Waals surface area (Å²) in [4.78, 5) is 12.3. The summed E-state index contributed by atoms with van der Waals surface area (Å²) < 4.78 is 0. The minimum Gasteiger partial charge on any atom is -0.346 e. The van der Waals surface area contributed by atoms with Crippen LogP contribution in [-0.2, 0) is 25.2 Å². The van der Waals surface area contributed by atoms with E-state index < -0.39 is 0 Å². The molecule has 0 unspecified atom stereocenters. The maximum absolute atomic E-state index is 10.5. The Balaban J connectivity index is 0.000000490. The number of hydrogen-bond donors (Lipinski definition) is 0. The maximum atomic E-state index is 10.5. The molecule has 1 saturated heterocycles. The van der Waals surface area contributed by atoms with E-state index >= 15 is 0 Å². The predicted octanol–water partition coefficient (Wildman–Crippen LogP) is 0.236. The summed E-state index contributed by atoms with van der Waals surface area (Å²) in [6.45, 7) is 0.957. The molecular weight excluding hydrogens is 196 g/mol. The Bertz CT molecular complexity index is 94.4. The molecule has 0 spiro atoms. The van der Waals surface area contributed by atoms with Crippen LogP contribution in [0.5, 0.6) is 0 Å². The summed E-state index contributed by atoms with van der Waals surface area (Å²) in [5.41, 5.74) is 0. The second-order valence-electron chi connectivity index (χ2n) is 1.92. The van der Waals surface area contributed by atoms with Crippen molar-refractivity contribution in [3.63, 3.8) is 0 Å². The number of likely N-dealkylation sites (tertiary alicyclic amines) is 1. The Morgan fingerprint density at radius 3 is 2.38 bits per heavy atom. The van der Waals surface area contributed by atoms with Gasteiger partial charge in [-0.15, -0.1) is 0 Å². The second kappa shape index (κ2) is 3.22. The van der Waals surface area contributed by atoms with Crippen LogP contribution in [0.4, 0.5) is 0 Å². The molecule has 0 saturated carbocycles. The zero-order chi connectivity index (χ0) is 5.28. The number of carbonyl (C=O) groups excluding carboxylic acids is 1. The minimum absolute atomic E-state index is 0. The van der Waals surface area contributed by atoms with Crippen molar-refractivity contribution in [1.29, 1.82) is 0 Å². The second-order valence-corrected chi connectivity index (χ2v) is 1.92. The molecule has 1 amide bonds. The van der Waals surface area contributed by atoms with E-state index in [9.17, 15) is 4.79 Å². The molecule has 0 radical (unpaired) electrons. The number of nitrogens with zero attached hydrogens (tertiary/aromatic N) is 1. The first-order valence-electron chi connectivity index (χ1n) is 2.54. The normalized spacial score (nSPS) is 18.6. The summed E-state index contributed by atoms with van der Waals surface area (Å²) in [6, 6.07) is 0. The van der Waals surface area contributed by atoms with Gasteiger partial charge >= 0.3 is 0 Å². The van der Waals surface area contributed by atoms with E-state index in [1.165, 1.54) is 0 Å². The first-order valence-corrected chi connectivity index (χ1v) is 2.54. The van der Waals surface area contributed by atoms with Crippen LogP contribution < -0.4 is 0 Å². The molecule has 2 nitrogen and oxygen atoms in total. The smallest absolute Gasteiger partial charge is 0.222 e. The molecule has 50 valence electrons. The molecule has 0 atom stereocenters. The fourth-order valence-electron chi connectivity index (χ4n) is 0.783. The first-order chi connectivity index (χ1) is 3.30. The van der Waals surface area contributed by atoms with Gasteiger partial charge in [0.2, 0.25) is 5.91 Å². The van der Waals surface area contributed by atoms with Crippen LogP contribution in [-0.4, -0.2) is 24.4 Å². The number of carbonyl (C=O) groups is 1. The molecule has 0 bridgehead atoms. The zero-order valence-corrected chi connectivity index (χ0v) is 6.35. The third-order valence-electron chi connectivity index (χ3n) is 1.31. The van der Waals surface area contributed by atoms with Gasteiger partial charge in [-0.25, -0.2) is 0 Å². The van der Waals surface area contributed by atoms with E-state index in [1.807, 2.05) is 7.05 Å². The molecule has 0 aromatic heterocycles. The molecule has 0 N–H and O–H groups in total. The van der Waals surface area contributed by atoms with E-state index in [1.54, 1.807) is 4.90 Å².